The fraction of sp³-hybridized carbons (Fsp3) is 0.292. The molecule has 0 bridgehead atoms. The highest BCUT2D eigenvalue weighted by Gasteiger charge is 2.58. The molecule has 0 aromatic heterocycles. The molecule has 0 radical (unpaired) electrons. The number of methoxy groups -OCH3 is 1. The number of hydrogen-bond donors (Lipinski definition) is 2. The van der Waals surface area contributed by atoms with Crippen LogP contribution in [-0.4, -0.2) is 56.2 Å². The second kappa shape index (κ2) is 11.2. The number of rotatable bonds is 10. The van der Waals surface area contributed by atoms with E-state index in [0.29, 0.717) is 16.9 Å². The molecular weight excluding hydrogens is 474 g/mol. The summed E-state index contributed by atoms with van der Waals surface area (Å²) in [5.74, 6) is -1.86. The number of ether oxygens (including phenoxy) is 2. The fourth-order valence-corrected chi connectivity index (χ4v) is 5.11. The van der Waals surface area contributed by atoms with Crippen LogP contribution >= 0.6 is 0 Å². The average Bonchev–Trinajstić information content (AvgIpc) is 2.85. The number of sulfonamides is 1. The number of hydrogen-bond acceptors (Lipinski definition) is 7. The van der Waals surface area contributed by atoms with Gasteiger partial charge in [-0.1, -0.05) is 48.5 Å². The van der Waals surface area contributed by atoms with Gasteiger partial charge in [-0.3, -0.25) is 14.5 Å². The molecule has 2 aromatic rings. The van der Waals surface area contributed by atoms with E-state index in [9.17, 15) is 22.8 Å². The molecule has 1 fully saturated rings. The standard InChI is InChI=1S/C24H27N3O7S/c1-16(2)21(24(30)33-3)27-22(29)20(26-19(28)15-34-18-12-8-5-9-13-18)23(27)35(31,32)25-14-17-10-6-4-7-11-17/h4-13,20,23,25H,14-15H2,1-3H3,(H,26,28). The summed E-state index contributed by atoms with van der Waals surface area (Å²) in [6.45, 7) is 2.65. The third kappa shape index (κ3) is 6.06. The summed E-state index contributed by atoms with van der Waals surface area (Å²) in [5, 5.41) is 0.856. The van der Waals surface area contributed by atoms with Gasteiger partial charge >= 0.3 is 5.97 Å². The van der Waals surface area contributed by atoms with Crippen molar-refractivity contribution < 1.29 is 32.3 Å². The molecule has 2 N–H and O–H groups in total. The maximum absolute atomic E-state index is 13.3. The molecule has 186 valence electrons. The molecule has 2 unspecified atom stereocenters. The number of nitrogens with one attached hydrogen (secondary N) is 2. The molecule has 1 saturated heterocycles. The van der Waals surface area contributed by atoms with Gasteiger partial charge < -0.3 is 14.8 Å². The predicted octanol–water partition coefficient (Wildman–Crippen LogP) is 1.30. The number of carbonyl (C=O) groups excluding carboxylic acids is 3. The highest BCUT2D eigenvalue weighted by atomic mass is 32.2. The van der Waals surface area contributed by atoms with Crippen LogP contribution in [0.25, 0.3) is 0 Å². The van der Waals surface area contributed by atoms with E-state index in [1.807, 2.05) is 0 Å². The van der Waals surface area contributed by atoms with Gasteiger partial charge in [-0.05, 0) is 37.1 Å². The number of β-lactam (4-membered cyclic amide) rings is 1. The zero-order chi connectivity index (χ0) is 25.6. The van der Waals surface area contributed by atoms with Gasteiger partial charge in [-0.25, -0.2) is 17.9 Å². The zero-order valence-electron chi connectivity index (χ0n) is 19.6. The number of carbonyl (C=O) groups is 3. The lowest BCUT2D eigenvalue weighted by Crippen LogP contribution is -2.74. The van der Waals surface area contributed by atoms with Crippen LogP contribution in [0.3, 0.4) is 0 Å². The lowest BCUT2D eigenvalue weighted by molar-refractivity contribution is -0.152. The summed E-state index contributed by atoms with van der Waals surface area (Å²) < 4.78 is 39.2. The summed E-state index contributed by atoms with van der Waals surface area (Å²) >= 11 is 0. The van der Waals surface area contributed by atoms with Crippen LogP contribution in [0.4, 0.5) is 0 Å². The number of esters is 1. The van der Waals surface area contributed by atoms with Gasteiger partial charge in [0, 0.05) is 6.54 Å². The Balaban J connectivity index is 1.83. The van der Waals surface area contributed by atoms with E-state index in [2.05, 4.69) is 10.0 Å². The quantitative estimate of drug-likeness (QED) is 0.285. The Kier molecular flexibility index (Phi) is 8.26. The molecule has 35 heavy (non-hydrogen) atoms. The normalized spacial score (nSPS) is 17.2. The van der Waals surface area contributed by atoms with Crippen molar-refractivity contribution in [3.05, 3.63) is 77.5 Å². The molecule has 1 heterocycles. The zero-order valence-corrected chi connectivity index (χ0v) is 20.4. The van der Waals surface area contributed by atoms with E-state index in [1.165, 1.54) is 0 Å². The molecular formula is C24H27N3O7S. The maximum Gasteiger partial charge on any atom is 0.354 e. The van der Waals surface area contributed by atoms with Crippen molar-refractivity contribution >= 4 is 27.8 Å². The minimum absolute atomic E-state index is 0.0398. The Morgan fingerprint density at radius 2 is 1.60 bits per heavy atom. The summed E-state index contributed by atoms with van der Waals surface area (Å²) in [5.41, 5.74) is 0.879. The molecule has 3 rings (SSSR count). The van der Waals surface area contributed by atoms with Crippen LogP contribution in [0.15, 0.2) is 71.9 Å². The Hall–Kier alpha value is -3.70. The van der Waals surface area contributed by atoms with E-state index in [-0.39, 0.29) is 12.2 Å². The van der Waals surface area contributed by atoms with E-state index in [0.717, 1.165) is 12.0 Å². The second-order valence-corrected chi connectivity index (χ2v) is 9.80. The summed E-state index contributed by atoms with van der Waals surface area (Å²) in [4.78, 5) is 38.7. The molecule has 10 nitrogen and oxygen atoms in total. The minimum atomic E-state index is -4.23. The Labute approximate surface area is 204 Å². The largest absolute Gasteiger partial charge is 0.484 e. The van der Waals surface area contributed by atoms with E-state index in [4.69, 9.17) is 9.47 Å². The first-order valence-corrected chi connectivity index (χ1v) is 12.3. The number of para-hydroxylation sites is 1. The Bertz CT molecular complexity index is 1210. The van der Waals surface area contributed by atoms with E-state index >= 15 is 0 Å². The highest BCUT2D eigenvalue weighted by Crippen LogP contribution is 2.31. The van der Waals surface area contributed by atoms with Crippen molar-refractivity contribution in [2.45, 2.75) is 31.8 Å². The maximum atomic E-state index is 13.3. The van der Waals surface area contributed by atoms with Gasteiger partial charge in [0.15, 0.2) is 12.0 Å². The molecule has 1 aliphatic heterocycles. The number of amides is 2. The number of likely N-dealkylation sites (tertiary alicyclic amines) is 1. The SMILES string of the molecule is COC(=O)C(=C(C)C)N1C(=O)C(NC(=O)COc2ccccc2)C1S(=O)(=O)NCc1ccccc1. The summed E-state index contributed by atoms with van der Waals surface area (Å²) in [7, 11) is -3.10. The first-order valence-electron chi connectivity index (χ1n) is 10.7. The third-order valence-electron chi connectivity index (χ3n) is 5.20. The molecule has 0 spiro atoms. The van der Waals surface area contributed by atoms with Crippen molar-refractivity contribution in [1.29, 1.82) is 0 Å². The van der Waals surface area contributed by atoms with Gasteiger partial charge in [-0.15, -0.1) is 0 Å². The minimum Gasteiger partial charge on any atom is -0.484 e. The third-order valence-corrected chi connectivity index (χ3v) is 6.87. The van der Waals surface area contributed by atoms with Crippen molar-refractivity contribution in [2.75, 3.05) is 13.7 Å². The molecule has 2 atom stereocenters. The van der Waals surface area contributed by atoms with Gasteiger partial charge in [0.25, 0.3) is 11.8 Å². The van der Waals surface area contributed by atoms with E-state index < -0.39 is 45.8 Å². The number of benzene rings is 2. The predicted molar refractivity (Wildman–Crippen MR) is 127 cm³/mol. The topological polar surface area (TPSA) is 131 Å². The monoisotopic (exact) mass is 501 g/mol. The highest BCUT2D eigenvalue weighted by molar-refractivity contribution is 7.90. The lowest BCUT2D eigenvalue weighted by atomic mass is 10.0. The van der Waals surface area contributed by atoms with Crippen molar-refractivity contribution in [3.63, 3.8) is 0 Å². The number of nitrogens with zero attached hydrogens (tertiary/aromatic N) is 1. The molecule has 2 aromatic carbocycles. The number of allylic oxidation sites excluding steroid dienone is 1. The van der Waals surface area contributed by atoms with Crippen LogP contribution in [-0.2, 0) is 35.7 Å². The van der Waals surface area contributed by atoms with Gasteiger partial charge in [-0.2, -0.15) is 0 Å². The molecule has 0 aliphatic carbocycles. The molecule has 0 saturated carbocycles. The second-order valence-electron chi connectivity index (χ2n) is 7.94. The lowest BCUT2D eigenvalue weighted by Gasteiger charge is -2.46. The van der Waals surface area contributed by atoms with Crippen LogP contribution in [0, 0.1) is 0 Å². The smallest absolute Gasteiger partial charge is 0.354 e. The first kappa shape index (κ1) is 25.9. The molecule has 2 amide bonds. The van der Waals surface area contributed by atoms with Crippen LogP contribution in [0.2, 0.25) is 0 Å². The molecule has 11 heteroatoms. The van der Waals surface area contributed by atoms with Gasteiger partial charge in [0.1, 0.15) is 17.5 Å². The van der Waals surface area contributed by atoms with E-state index in [1.54, 1.807) is 74.5 Å². The van der Waals surface area contributed by atoms with Crippen molar-refractivity contribution in [1.82, 2.24) is 14.9 Å². The Morgan fingerprint density at radius 3 is 2.17 bits per heavy atom. The van der Waals surface area contributed by atoms with Crippen molar-refractivity contribution in [3.8, 4) is 5.75 Å². The van der Waals surface area contributed by atoms with Gasteiger partial charge in [0.2, 0.25) is 10.0 Å². The average molecular weight is 502 g/mol. The van der Waals surface area contributed by atoms with Crippen LogP contribution < -0.4 is 14.8 Å². The van der Waals surface area contributed by atoms with Crippen molar-refractivity contribution in [2.24, 2.45) is 0 Å². The van der Waals surface area contributed by atoms with Gasteiger partial charge in [0.05, 0.1) is 7.11 Å². The summed E-state index contributed by atoms with van der Waals surface area (Å²) in [6, 6.07) is 15.9. The Morgan fingerprint density at radius 1 is 1.00 bits per heavy atom. The first-order chi connectivity index (χ1) is 16.7. The fourth-order valence-electron chi connectivity index (χ4n) is 3.54. The van der Waals surface area contributed by atoms with Crippen LogP contribution in [0.5, 0.6) is 5.75 Å². The van der Waals surface area contributed by atoms with Crippen LogP contribution in [0.1, 0.15) is 19.4 Å². The summed E-state index contributed by atoms with van der Waals surface area (Å²) in [6.07, 6.45) is 0. The molecule has 1 aliphatic rings.